The fraction of sp³-hybridized carbons (Fsp3) is 0.905. The number of nitrogens with one attached hydrogen (secondary N) is 2. The number of likely N-dealkylation sites (tertiary alicyclic amines) is 1. The number of hydrogen-bond acceptors (Lipinski definition) is 4. The Kier molecular flexibility index (Phi) is 7.53. The first-order chi connectivity index (χ1) is 13.1. The Morgan fingerprint density at radius 3 is 2.37 bits per heavy atom. The second kappa shape index (κ2) is 9.87. The summed E-state index contributed by atoms with van der Waals surface area (Å²) in [4.78, 5) is 26.0. The lowest BCUT2D eigenvalue weighted by atomic mass is 9.82. The third-order valence-corrected chi connectivity index (χ3v) is 6.54. The third kappa shape index (κ3) is 5.67. The number of carbonyl (C=O) groups is 2. The van der Waals surface area contributed by atoms with Crippen molar-refractivity contribution in [2.75, 3.05) is 19.7 Å². The van der Waals surface area contributed by atoms with Crippen LogP contribution in [0.4, 0.5) is 0 Å². The zero-order valence-electron chi connectivity index (χ0n) is 17.0. The molecule has 0 spiro atoms. The number of rotatable bonds is 7. The van der Waals surface area contributed by atoms with Crippen molar-refractivity contribution >= 4 is 11.8 Å². The molecule has 2 N–H and O–H groups in total. The standard InChI is InChI=1S/C21H37N3O3/c1-3-13-27-20-14-16(21(26)23-17-5-4-6-17)7-8-19(20)22-18-9-11-24(12-10-18)15(2)25/h16-20,22H,3-14H2,1-2H3,(H,23,26)/t16-,19-,20-/m0/s1. The summed E-state index contributed by atoms with van der Waals surface area (Å²) in [7, 11) is 0. The summed E-state index contributed by atoms with van der Waals surface area (Å²) in [5, 5.41) is 7.03. The van der Waals surface area contributed by atoms with Crippen molar-refractivity contribution in [2.24, 2.45) is 5.92 Å². The Morgan fingerprint density at radius 2 is 1.78 bits per heavy atom. The van der Waals surface area contributed by atoms with Crippen LogP contribution >= 0.6 is 0 Å². The van der Waals surface area contributed by atoms with Crippen LogP contribution in [0.2, 0.25) is 0 Å². The highest BCUT2D eigenvalue weighted by Gasteiger charge is 2.36. The predicted molar refractivity (Wildman–Crippen MR) is 105 cm³/mol. The molecule has 1 heterocycles. The molecule has 3 aliphatic rings. The average Bonchev–Trinajstić information content (AvgIpc) is 2.64. The van der Waals surface area contributed by atoms with E-state index in [9.17, 15) is 9.59 Å². The first-order valence-corrected chi connectivity index (χ1v) is 11.0. The maximum Gasteiger partial charge on any atom is 0.223 e. The van der Waals surface area contributed by atoms with Gasteiger partial charge in [0.15, 0.2) is 0 Å². The Labute approximate surface area is 163 Å². The molecule has 3 fully saturated rings. The summed E-state index contributed by atoms with van der Waals surface area (Å²) >= 11 is 0. The SMILES string of the molecule is CCCO[C@H]1C[C@@H](C(=O)NC2CCC2)CC[C@@H]1NC1CCN(C(C)=O)CC1. The van der Waals surface area contributed by atoms with Crippen LogP contribution in [0.25, 0.3) is 0 Å². The van der Waals surface area contributed by atoms with E-state index in [2.05, 4.69) is 17.6 Å². The van der Waals surface area contributed by atoms with Crippen LogP contribution in [0.1, 0.15) is 71.6 Å². The van der Waals surface area contributed by atoms with Crippen molar-refractivity contribution in [2.45, 2.75) is 95.9 Å². The van der Waals surface area contributed by atoms with Gasteiger partial charge in [-0.25, -0.2) is 0 Å². The summed E-state index contributed by atoms with van der Waals surface area (Å²) in [6, 6.07) is 1.17. The first kappa shape index (κ1) is 20.6. The van der Waals surface area contributed by atoms with Crippen LogP contribution in [-0.4, -0.2) is 60.6 Å². The van der Waals surface area contributed by atoms with Gasteiger partial charge in [0.05, 0.1) is 6.10 Å². The lowest BCUT2D eigenvalue weighted by molar-refractivity contribution is -0.130. The molecular formula is C21H37N3O3. The van der Waals surface area contributed by atoms with E-state index in [0.717, 1.165) is 71.1 Å². The predicted octanol–water partition coefficient (Wildman–Crippen LogP) is 2.22. The molecule has 27 heavy (non-hydrogen) atoms. The average molecular weight is 380 g/mol. The Hall–Kier alpha value is -1.14. The van der Waals surface area contributed by atoms with Gasteiger partial charge in [0, 0.05) is 50.7 Å². The first-order valence-electron chi connectivity index (χ1n) is 11.0. The molecule has 0 radical (unpaired) electrons. The number of piperidine rings is 1. The van der Waals surface area contributed by atoms with Gasteiger partial charge in [-0.2, -0.15) is 0 Å². The number of carbonyl (C=O) groups excluding carboxylic acids is 2. The number of ether oxygens (including phenoxy) is 1. The largest absolute Gasteiger partial charge is 0.377 e. The molecule has 1 aliphatic heterocycles. The molecule has 2 amide bonds. The molecule has 154 valence electrons. The van der Waals surface area contributed by atoms with Crippen molar-refractivity contribution in [1.29, 1.82) is 0 Å². The molecule has 2 aliphatic carbocycles. The monoisotopic (exact) mass is 379 g/mol. The quantitative estimate of drug-likeness (QED) is 0.712. The summed E-state index contributed by atoms with van der Waals surface area (Å²) in [5.74, 6) is 0.499. The molecular weight excluding hydrogens is 342 g/mol. The van der Waals surface area contributed by atoms with Gasteiger partial charge in [0.25, 0.3) is 0 Å². The highest BCUT2D eigenvalue weighted by Crippen LogP contribution is 2.29. The second-order valence-corrected chi connectivity index (χ2v) is 8.61. The van der Waals surface area contributed by atoms with Crippen LogP contribution < -0.4 is 10.6 Å². The molecule has 0 aromatic heterocycles. The highest BCUT2D eigenvalue weighted by atomic mass is 16.5. The summed E-state index contributed by atoms with van der Waals surface area (Å²) in [6.45, 7) is 6.21. The maximum atomic E-state index is 12.6. The van der Waals surface area contributed by atoms with E-state index < -0.39 is 0 Å². The normalized spacial score (nSPS) is 30.0. The molecule has 0 aromatic rings. The van der Waals surface area contributed by atoms with Crippen molar-refractivity contribution in [1.82, 2.24) is 15.5 Å². The Bertz CT molecular complexity index is 501. The van der Waals surface area contributed by atoms with E-state index >= 15 is 0 Å². The fourth-order valence-electron chi connectivity index (χ4n) is 4.55. The topological polar surface area (TPSA) is 70.7 Å². The van der Waals surface area contributed by atoms with Crippen LogP contribution in [0.3, 0.4) is 0 Å². The molecule has 6 heteroatoms. The van der Waals surface area contributed by atoms with E-state index in [4.69, 9.17) is 4.74 Å². The maximum absolute atomic E-state index is 12.6. The molecule has 6 nitrogen and oxygen atoms in total. The minimum atomic E-state index is 0.0880. The molecule has 0 aromatic carbocycles. The Balaban J connectivity index is 1.50. The van der Waals surface area contributed by atoms with Crippen molar-refractivity contribution in [3.63, 3.8) is 0 Å². The van der Waals surface area contributed by atoms with Gasteiger partial charge in [0.1, 0.15) is 0 Å². The van der Waals surface area contributed by atoms with E-state index in [1.807, 2.05) is 4.90 Å². The second-order valence-electron chi connectivity index (χ2n) is 8.61. The van der Waals surface area contributed by atoms with Gasteiger partial charge >= 0.3 is 0 Å². The zero-order valence-corrected chi connectivity index (χ0v) is 17.0. The van der Waals surface area contributed by atoms with Crippen LogP contribution in [0.5, 0.6) is 0 Å². The smallest absolute Gasteiger partial charge is 0.223 e. The lowest BCUT2D eigenvalue weighted by Gasteiger charge is -2.40. The lowest BCUT2D eigenvalue weighted by Crippen LogP contribution is -2.54. The van der Waals surface area contributed by atoms with Crippen molar-refractivity contribution in [3.05, 3.63) is 0 Å². The third-order valence-electron chi connectivity index (χ3n) is 6.54. The van der Waals surface area contributed by atoms with Crippen molar-refractivity contribution < 1.29 is 14.3 Å². The molecule has 2 saturated carbocycles. The molecule has 3 rings (SSSR count). The minimum absolute atomic E-state index is 0.0880. The molecule has 0 unspecified atom stereocenters. The van der Waals surface area contributed by atoms with Crippen LogP contribution in [0.15, 0.2) is 0 Å². The van der Waals surface area contributed by atoms with E-state index in [-0.39, 0.29) is 23.8 Å². The fourth-order valence-corrected chi connectivity index (χ4v) is 4.55. The number of hydrogen-bond donors (Lipinski definition) is 2. The highest BCUT2D eigenvalue weighted by molar-refractivity contribution is 5.79. The minimum Gasteiger partial charge on any atom is -0.377 e. The summed E-state index contributed by atoms with van der Waals surface area (Å²) < 4.78 is 6.16. The summed E-state index contributed by atoms with van der Waals surface area (Å²) in [5.41, 5.74) is 0. The molecule has 0 bridgehead atoms. The Morgan fingerprint density at radius 1 is 1.04 bits per heavy atom. The van der Waals surface area contributed by atoms with Gasteiger partial charge in [-0.3, -0.25) is 9.59 Å². The van der Waals surface area contributed by atoms with Gasteiger partial charge < -0.3 is 20.3 Å². The van der Waals surface area contributed by atoms with Crippen LogP contribution in [-0.2, 0) is 14.3 Å². The zero-order chi connectivity index (χ0) is 19.2. The van der Waals surface area contributed by atoms with Gasteiger partial charge in [-0.05, 0) is 57.8 Å². The van der Waals surface area contributed by atoms with E-state index in [1.165, 1.54) is 6.42 Å². The molecule has 3 atom stereocenters. The van der Waals surface area contributed by atoms with Gasteiger partial charge in [0.2, 0.25) is 11.8 Å². The number of nitrogens with zero attached hydrogens (tertiary/aromatic N) is 1. The van der Waals surface area contributed by atoms with Gasteiger partial charge in [-0.1, -0.05) is 6.92 Å². The van der Waals surface area contributed by atoms with Crippen LogP contribution in [0, 0.1) is 5.92 Å². The summed E-state index contributed by atoms with van der Waals surface area (Å²) in [6.07, 6.45) is 9.38. The van der Waals surface area contributed by atoms with Crippen molar-refractivity contribution in [3.8, 4) is 0 Å². The molecule has 1 saturated heterocycles. The van der Waals surface area contributed by atoms with E-state index in [0.29, 0.717) is 18.1 Å². The van der Waals surface area contributed by atoms with E-state index in [1.54, 1.807) is 6.92 Å². The number of amides is 2. The van der Waals surface area contributed by atoms with Gasteiger partial charge in [-0.15, -0.1) is 0 Å².